The summed E-state index contributed by atoms with van der Waals surface area (Å²) in [7, 11) is 0. The number of aliphatic carboxylic acids is 1. The summed E-state index contributed by atoms with van der Waals surface area (Å²) in [5.74, 6) is -1.03. The fourth-order valence-corrected chi connectivity index (χ4v) is 2.10. The number of hydrogen-bond acceptors (Lipinski definition) is 4. The topological polar surface area (TPSA) is 116 Å². The number of ether oxygens (including phenoxy) is 1. The fourth-order valence-electron chi connectivity index (χ4n) is 2.10. The van der Waals surface area contributed by atoms with Gasteiger partial charge in [0.1, 0.15) is 5.54 Å². The van der Waals surface area contributed by atoms with Crippen molar-refractivity contribution in [3.63, 3.8) is 0 Å². The molecular weight excluding hydrogens is 264 g/mol. The van der Waals surface area contributed by atoms with Crippen LogP contribution in [0.1, 0.15) is 24.1 Å². The molecule has 0 atom stereocenters. The lowest BCUT2D eigenvalue weighted by Gasteiger charge is -2.33. The van der Waals surface area contributed by atoms with Crippen molar-refractivity contribution < 1.29 is 19.4 Å². The van der Waals surface area contributed by atoms with E-state index in [0.717, 1.165) is 11.3 Å². The maximum atomic E-state index is 11.9. The van der Waals surface area contributed by atoms with E-state index in [1.54, 1.807) is 6.20 Å². The number of carbonyl (C=O) groups excluding carboxylic acids is 1. The van der Waals surface area contributed by atoms with Gasteiger partial charge < -0.3 is 20.5 Å². The summed E-state index contributed by atoms with van der Waals surface area (Å²) in [6.07, 6.45) is 2.15. The van der Waals surface area contributed by atoms with Crippen LogP contribution < -0.4 is 10.6 Å². The number of aromatic nitrogens is 2. The predicted molar refractivity (Wildman–Crippen MR) is 69.1 cm³/mol. The minimum absolute atomic E-state index is 0.264. The lowest BCUT2D eigenvalue weighted by Crippen LogP contribution is -2.59. The Balaban J connectivity index is 1.92. The SMILES string of the molecule is Cc1[nH]ncc1CNC(=O)NC1(C(=O)O)CCOCC1. The summed E-state index contributed by atoms with van der Waals surface area (Å²) in [5.41, 5.74) is 0.481. The van der Waals surface area contributed by atoms with E-state index in [-0.39, 0.29) is 12.8 Å². The number of hydrogen-bond donors (Lipinski definition) is 4. The van der Waals surface area contributed by atoms with Crippen LogP contribution in [-0.2, 0) is 16.1 Å². The molecule has 2 amide bonds. The highest BCUT2D eigenvalue weighted by Gasteiger charge is 2.41. The maximum absolute atomic E-state index is 11.9. The van der Waals surface area contributed by atoms with E-state index in [1.807, 2.05) is 6.92 Å². The number of nitrogens with zero attached hydrogens (tertiary/aromatic N) is 1. The van der Waals surface area contributed by atoms with E-state index in [1.165, 1.54) is 0 Å². The van der Waals surface area contributed by atoms with E-state index in [9.17, 15) is 14.7 Å². The first-order valence-electron chi connectivity index (χ1n) is 6.39. The van der Waals surface area contributed by atoms with Crippen molar-refractivity contribution >= 4 is 12.0 Å². The number of carboxylic acids is 1. The van der Waals surface area contributed by atoms with Crippen LogP contribution in [0.3, 0.4) is 0 Å². The molecule has 1 aliphatic heterocycles. The molecule has 1 aliphatic rings. The second-order valence-corrected chi connectivity index (χ2v) is 4.83. The number of rotatable bonds is 4. The number of H-pyrrole nitrogens is 1. The highest BCUT2D eigenvalue weighted by atomic mass is 16.5. The average molecular weight is 282 g/mol. The van der Waals surface area contributed by atoms with Crippen LogP contribution in [0.5, 0.6) is 0 Å². The molecule has 0 radical (unpaired) electrons. The first-order chi connectivity index (χ1) is 9.53. The van der Waals surface area contributed by atoms with Gasteiger partial charge in [-0.1, -0.05) is 0 Å². The van der Waals surface area contributed by atoms with E-state index in [2.05, 4.69) is 20.8 Å². The molecule has 2 heterocycles. The molecule has 0 unspecified atom stereocenters. The molecule has 1 saturated heterocycles. The Hall–Kier alpha value is -2.09. The minimum atomic E-state index is -1.24. The number of amides is 2. The van der Waals surface area contributed by atoms with Crippen molar-refractivity contribution in [1.29, 1.82) is 0 Å². The number of carboxylic acid groups (broad SMARTS) is 1. The fraction of sp³-hybridized carbons (Fsp3) is 0.583. The number of aryl methyl sites for hydroxylation is 1. The van der Waals surface area contributed by atoms with Gasteiger partial charge in [0.2, 0.25) is 0 Å². The summed E-state index contributed by atoms with van der Waals surface area (Å²) in [4.78, 5) is 23.3. The summed E-state index contributed by atoms with van der Waals surface area (Å²) in [6, 6.07) is -0.505. The van der Waals surface area contributed by atoms with Crippen molar-refractivity contribution in [3.05, 3.63) is 17.5 Å². The standard InChI is InChI=1S/C12H18N4O4/c1-8-9(7-14-16-8)6-13-11(19)15-12(10(17)18)2-4-20-5-3-12/h7H,2-6H2,1H3,(H,14,16)(H,17,18)(H2,13,15,19). The van der Waals surface area contributed by atoms with Gasteiger partial charge >= 0.3 is 12.0 Å². The third-order valence-corrected chi connectivity index (χ3v) is 3.48. The zero-order valence-electron chi connectivity index (χ0n) is 11.2. The van der Waals surface area contributed by atoms with E-state index >= 15 is 0 Å². The highest BCUT2D eigenvalue weighted by Crippen LogP contribution is 2.20. The lowest BCUT2D eigenvalue weighted by molar-refractivity contribution is -0.148. The molecule has 8 nitrogen and oxygen atoms in total. The smallest absolute Gasteiger partial charge is 0.329 e. The van der Waals surface area contributed by atoms with Crippen LogP contribution in [-0.4, -0.2) is 46.1 Å². The van der Waals surface area contributed by atoms with Crippen LogP contribution >= 0.6 is 0 Å². The maximum Gasteiger partial charge on any atom is 0.329 e. The van der Waals surface area contributed by atoms with Gasteiger partial charge in [0.05, 0.1) is 6.20 Å². The van der Waals surface area contributed by atoms with Gasteiger partial charge in [-0.25, -0.2) is 9.59 Å². The van der Waals surface area contributed by atoms with Crippen LogP contribution in [0.4, 0.5) is 4.79 Å². The molecule has 1 aromatic rings. The molecule has 0 spiro atoms. The molecule has 20 heavy (non-hydrogen) atoms. The monoisotopic (exact) mass is 282 g/mol. The van der Waals surface area contributed by atoms with E-state index in [0.29, 0.717) is 19.8 Å². The first-order valence-corrected chi connectivity index (χ1v) is 6.39. The van der Waals surface area contributed by atoms with Gasteiger partial charge in [0.15, 0.2) is 0 Å². The molecule has 0 aliphatic carbocycles. The van der Waals surface area contributed by atoms with Crippen molar-refractivity contribution in [2.24, 2.45) is 0 Å². The third-order valence-electron chi connectivity index (χ3n) is 3.48. The van der Waals surface area contributed by atoms with Crippen LogP contribution in [0, 0.1) is 6.92 Å². The Morgan fingerprint density at radius 1 is 1.50 bits per heavy atom. The Labute approximate surface area is 115 Å². The Morgan fingerprint density at radius 3 is 2.75 bits per heavy atom. The van der Waals surface area contributed by atoms with Gasteiger partial charge in [-0.05, 0) is 6.92 Å². The molecule has 2 rings (SSSR count). The molecule has 4 N–H and O–H groups in total. The molecule has 110 valence electrons. The third kappa shape index (κ3) is 3.08. The number of nitrogens with one attached hydrogen (secondary N) is 3. The molecule has 8 heteroatoms. The minimum Gasteiger partial charge on any atom is -0.480 e. The van der Waals surface area contributed by atoms with Gasteiger partial charge in [0.25, 0.3) is 0 Å². The summed E-state index contributed by atoms with van der Waals surface area (Å²) >= 11 is 0. The van der Waals surface area contributed by atoms with E-state index < -0.39 is 17.5 Å². The number of carbonyl (C=O) groups is 2. The molecule has 1 fully saturated rings. The van der Waals surface area contributed by atoms with Crippen molar-refractivity contribution in [1.82, 2.24) is 20.8 Å². The van der Waals surface area contributed by atoms with Crippen molar-refractivity contribution in [3.8, 4) is 0 Å². The van der Waals surface area contributed by atoms with Crippen LogP contribution in [0.25, 0.3) is 0 Å². The summed E-state index contributed by atoms with van der Waals surface area (Å²) < 4.78 is 5.14. The van der Waals surface area contributed by atoms with Gasteiger partial charge in [-0.15, -0.1) is 0 Å². The molecule has 0 aromatic carbocycles. The molecule has 1 aromatic heterocycles. The number of aromatic amines is 1. The zero-order chi connectivity index (χ0) is 14.6. The molecule has 0 bridgehead atoms. The van der Waals surface area contributed by atoms with Crippen molar-refractivity contribution in [2.75, 3.05) is 13.2 Å². The van der Waals surface area contributed by atoms with Gasteiger partial charge in [-0.3, -0.25) is 5.10 Å². The normalized spacial score (nSPS) is 17.4. The second kappa shape index (κ2) is 5.91. The predicted octanol–water partition coefficient (Wildman–Crippen LogP) is 0.151. The van der Waals surface area contributed by atoms with Gasteiger partial charge in [0, 0.05) is 43.9 Å². The quantitative estimate of drug-likeness (QED) is 0.627. The average Bonchev–Trinajstić information content (AvgIpc) is 2.83. The Kier molecular flexibility index (Phi) is 4.23. The first kappa shape index (κ1) is 14.3. The van der Waals surface area contributed by atoms with Crippen LogP contribution in [0.2, 0.25) is 0 Å². The van der Waals surface area contributed by atoms with Gasteiger partial charge in [-0.2, -0.15) is 5.10 Å². The molecular formula is C12H18N4O4. The Morgan fingerprint density at radius 2 is 2.20 bits per heavy atom. The second-order valence-electron chi connectivity index (χ2n) is 4.83. The molecule has 0 saturated carbocycles. The van der Waals surface area contributed by atoms with Crippen LogP contribution in [0.15, 0.2) is 6.20 Å². The largest absolute Gasteiger partial charge is 0.480 e. The Bertz CT molecular complexity index is 493. The lowest BCUT2D eigenvalue weighted by atomic mass is 9.90. The zero-order valence-corrected chi connectivity index (χ0v) is 11.2. The highest BCUT2D eigenvalue weighted by molar-refractivity contribution is 5.86. The van der Waals surface area contributed by atoms with E-state index in [4.69, 9.17) is 4.74 Å². The van der Waals surface area contributed by atoms with Crippen molar-refractivity contribution in [2.45, 2.75) is 31.8 Å². The summed E-state index contributed by atoms with van der Waals surface area (Å²) in [5, 5.41) is 21.1. The number of urea groups is 1. The summed E-state index contributed by atoms with van der Waals surface area (Å²) in [6.45, 7) is 2.79.